The molecule has 0 aliphatic heterocycles. The molecule has 2 aromatic rings. The van der Waals surface area contributed by atoms with Crippen LogP contribution in [-0.4, -0.2) is 37.8 Å². The lowest BCUT2D eigenvalue weighted by Crippen LogP contribution is -2.31. The number of carbonyl (C=O) groups is 2. The molecule has 0 bridgehead atoms. The third kappa shape index (κ3) is 8.85. The predicted molar refractivity (Wildman–Crippen MR) is 129 cm³/mol. The minimum Gasteiger partial charge on any atom is -0.493 e. The van der Waals surface area contributed by atoms with E-state index in [4.69, 9.17) is 9.47 Å². The Hall–Kier alpha value is -2.64. The first-order chi connectivity index (χ1) is 15.2. The molecule has 2 rings (SSSR count). The minimum atomic E-state index is -0.485. The smallest absolute Gasteiger partial charge is 0.330 e. The van der Waals surface area contributed by atoms with Gasteiger partial charge in [0, 0.05) is 23.1 Å². The number of hydrogen-bond acceptors (Lipinski definition) is 7. The van der Waals surface area contributed by atoms with Crippen LogP contribution in [0.1, 0.15) is 51.0 Å². The molecular formula is C25H33NO5S. The lowest BCUT2D eigenvalue weighted by Gasteiger charge is -2.19. The van der Waals surface area contributed by atoms with E-state index in [1.807, 2.05) is 39.0 Å². The Morgan fingerprint density at radius 3 is 2.66 bits per heavy atom. The number of ether oxygens (including phenoxy) is 3. The van der Waals surface area contributed by atoms with Crippen molar-refractivity contribution in [3.05, 3.63) is 46.2 Å². The van der Waals surface area contributed by atoms with Crippen LogP contribution in [0.2, 0.25) is 0 Å². The van der Waals surface area contributed by atoms with Gasteiger partial charge in [0.25, 0.3) is 0 Å². The minimum absolute atomic E-state index is 0.164. The van der Waals surface area contributed by atoms with Crippen molar-refractivity contribution in [3.63, 3.8) is 0 Å². The summed E-state index contributed by atoms with van der Waals surface area (Å²) in [5.74, 6) is 0.108. The van der Waals surface area contributed by atoms with Gasteiger partial charge in [-0.25, -0.2) is 4.79 Å². The molecule has 0 atom stereocenters. The summed E-state index contributed by atoms with van der Waals surface area (Å²) in [6.45, 7) is 9.05. The summed E-state index contributed by atoms with van der Waals surface area (Å²) in [4.78, 5) is 24.4. The Kier molecular flexibility index (Phi) is 9.94. The highest BCUT2D eigenvalue weighted by atomic mass is 32.1. The second-order valence-electron chi connectivity index (χ2n) is 8.31. The fourth-order valence-electron chi connectivity index (χ4n) is 2.84. The van der Waals surface area contributed by atoms with E-state index >= 15 is 0 Å². The number of carbonyl (C=O) groups excluding carboxylic acids is 2. The predicted octanol–water partition coefficient (Wildman–Crippen LogP) is 5.21. The monoisotopic (exact) mass is 459 g/mol. The van der Waals surface area contributed by atoms with Gasteiger partial charge in [0.2, 0.25) is 0 Å². The molecule has 1 aromatic heterocycles. The number of benzene rings is 1. The van der Waals surface area contributed by atoms with Crippen molar-refractivity contribution in [3.8, 4) is 16.9 Å². The van der Waals surface area contributed by atoms with Gasteiger partial charge in [-0.15, -0.1) is 11.3 Å². The molecule has 7 heteroatoms. The van der Waals surface area contributed by atoms with Crippen LogP contribution < -0.4 is 10.1 Å². The number of rotatable bonds is 11. The zero-order valence-corrected chi connectivity index (χ0v) is 20.3. The van der Waals surface area contributed by atoms with Crippen molar-refractivity contribution in [2.45, 2.75) is 52.7 Å². The maximum atomic E-state index is 11.9. The molecule has 0 saturated heterocycles. The zero-order chi connectivity index (χ0) is 23.6. The zero-order valence-electron chi connectivity index (χ0n) is 19.5. The SMILES string of the molecule is CCCCOc1cc(/C=C/C(=O)OC)ccc1-c1csc(CNCC(=O)OC(C)(C)C)c1. The Labute approximate surface area is 194 Å². The molecule has 0 spiro atoms. The summed E-state index contributed by atoms with van der Waals surface area (Å²) in [5.41, 5.74) is 2.42. The first kappa shape index (κ1) is 25.6. The van der Waals surface area contributed by atoms with Crippen LogP contribution >= 0.6 is 11.3 Å². The highest BCUT2D eigenvalue weighted by molar-refractivity contribution is 7.10. The molecular weight excluding hydrogens is 426 g/mol. The molecule has 0 amide bonds. The van der Waals surface area contributed by atoms with Gasteiger partial charge in [-0.2, -0.15) is 0 Å². The Morgan fingerprint density at radius 2 is 1.97 bits per heavy atom. The van der Waals surface area contributed by atoms with Crippen molar-refractivity contribution < 1.29 is 23.8 Å². The number of unbranched alkanes of at least 4 members (excludes halogenated alkanes) is 1. The summed E-state index contributed by atoms with van der Waals surface area (Å²) < 4.78 is 16.0. The topological polar surface area (TPSA) is 73.9 Å². The molecule has 1 aromatic carbocycles. The summed E-state index contributed by atoms with van der Waals surface area (Å²) in [7, 11) is 1.35. The number of methoxy groups -OCH3 is 1. The number of esters is 2. The Morgan fingerprint density at radius 1 is 1.19 bits per heavy atom. The van der Waals surface area contributed by atoms with Gasteiger partial charge in [-0.1, -0.05) is 25.5 Å². The number of nitrogens with one attached hydrogen (secondary N) is 1. The van der Waals surface area contributed by atoms with Crippen LogP contribution in [0.3, 0.4) is 0 Å². The van der Waals surface area contributed by atoms with Gasteiger partial charge in [0.15, 0.2) is 0 Å². The standard InChI is InChI=1S/C25H33NO5S/c1-6-7-12-30-22-13-18(9-11-23(27)29-5)8-10-21(22)19-14-20(32-17-19)15-26-16-24(28)31-25(2,3)4/h8-11,13-14,17,26H,6-7,12,15-16H2,1-5H3/b11-9+. The van der Waals surface area contributed by atoms with Crippen molar-refractivity contribution in [1.29, 1.82) is 0 Å². The summed E-state index contributed by atoms with van der Waals surface area (Å²) in [5, 5.41) is 5.22. The van der Waals surface area contributed by atoms with Crippen LogP contribution in [0.25, 0.3) is 17.2 Å². The van der Waals surface area contributed by atoms with Gasteiger partial charge >= 0.3 is 11.9 Å². The molecule has 1 heterocycles. The highest BCUT2D eigenvalue weighted by Crippen LogP contribution is 2.34. The molecule has 174 valence electrons. The Balaban J connectivity index is 2.10. The van der Waals surface area contributed by atoms with Crippen LogP contribution in [0.15, 0.2) is 35.7 Å². The number of hydrogen-bond donors (Lipinski definition) is 1. The largest absolute Gasteiger partial charge is 0.493 e. The molecule has 0 fully saturated rings. The molecule has 1 N–H and O–H groups in total. The van der Waals surface area contributed by atoms with Crippen LogP contribution in [-0.2, 0) is 25.6 Å². The lowest BCUT2D eigenvalue weighted by molar-refractivity contribution is -0.153. The molecule has 0 aliphatic rings. The second kappa shape index (κ2) is 12.4. The lowest BCUT2D eigenvalue weighted by atomic mass is 10.0. The van der Waals surface area contributed by atoms with E-state index in [1.54, 1.807) is 17.4 Å². The average molecular weight is 460 g/mol. The maximum absolute atomic E-state index is 11.9. The van der Waals surface area contributed by atoms with Gasteiger partial charge in [-0.3, -0.25) is 4.79 Å². The third-order valence-electron chi connectivity index (χ3n) is 4.33. The van der Waals surface area contributed by atoms with E-state index in [0.29, 0.717) is 13.2 Å². The summed E-state index contributed by atoms with van der Waals surface area (Å²) >= 11 is 1.62. The molecule has 0 saturated carbocycles. The number of thiophene rings is 1. The van der Waals surface area contributed by atoms with E-state index in [9.17, 15) is 9.59 Å². The maximum Gasteiger partial charge on any atom is 0.330 e. The van der Waals surface area contributed by atoms with Crippen molar-refractivity contribution in [2.24, 2.45) is 0 Å². The fraction of sp³-hybridized carbons (Fsp3) is 0.440. The van der Waals surface area contributed by atoms with E-state index in [0.717, 1.165) is 40.2 Å². The third-order valence-corrected chi connectivity index (χ3v) is 5.26. The Bertz CT molecular complexity index is 927. The highest BCUT2D eigenvalue weighted by Gasteiger charge is 2.16. The van der Waals surface area contributed by atoms with Gasteiger partial charge < -0.3 is 19.5 Å². The first-order valence-electron chi connectivity index (χ1n) is 10.7. The summed E-state index contributed by atoms with van der Waals surface area (Å²) in [6, 6.07) is 7.97. The van der Waals surface area contributed by atoms with Crippen molar-refractivity contribution in [2.75, 3.05) is 20.3 Å². The van der Waals surface area contributed by atoms with Gasteiger partial charge in [-0.05, 0) is 61.9 Å². The molecule has 0 aliphatic carbocycles. The fourth-order valence-corrected chi connectivity index (χ4v) is 3.69. The molecule has 0 unspecified atom stereocenters. The van der Waals surface area contributed by atoms with E-state index in [1.165, 1.54) is 13.2 Å². The van der Waals surface area contributed by atoms with Crippen LogP contribution in [0.4, 0.5) is 0 Å². The molecule has 32 heavy (non-hydrogen) atoms. The van der Waals surface area contributed by atoms with E-state index in [2.05, 4.69) is 28.4 Å². The second-order valence-corrected chi connectivity index (χ2v) is 9.30. The van der Waals surface area contributed by atoms with Crippen molar-refractivity contribution >= 4 is 29.4 Å². The quantitative estimate of drug-likeness (QED) is 0.282. The first-order valence-corrected chi connectivity index (χ1v) is 11.6. The van der Waals surface area contributed by atoms with Crippen molar-refractivity contribution in [1.82, 2.24) is 5.32 Å². The van der Waals surface area contributed by atoms with Crippen LogP contribution in [0.5, 0.6) is 5.75 Å². The molecule has 6 nitrogen and oxygen atoms in total. The average Bonchev–Trinajstić information content (AvgIpc) is 3.19. The van der Waals surface area contributed by atoms with Gasteiger partial charge in [0.05, 0.1) is 20.3 Å². The van der Waals surface area contributed by atoms with Crippen LogP contribution in [0, 0.1) is 0 Å². The van der Waals surface area contributed by atoms with E-state index in [-0.39, 0.29) is 12.5 Å². The normalized spacial score (nSPS) is 11.5. The van der Waals surface area contributed by atoms with E-state index < -0.39 is 11.6 Å². The molecule has 0 radical (unpaired) electrons. The van der Waals surface area contributed by atoms with Gasteiger partial charge in [0.1, 0.15) is 11.4 Å². The summed E-state index contributed by atoms with van der Waals surface area (Å²) in [6.07, 6.45) is 5.11.